The van der Waals surface area contributed by atoms with Crippen molar-refractivity contribution in [2.45, 2.75) is 178 Å². The Labute approximate surface area is 678 Å². The molecule has 0 fully saturated rings. The van der Waals surface area contributed by atoms with Gasteiger partial charge in [0.15, 0.2) is 0 Å². The van der Waals surface area contributed by atoms with Gasteiger partial charge in [0, 0.05) is 38.8 Å². The molecule has 0 radical (unpaired) electrons. The highest BCUT2D eigenvalue weighted by Gasteiger charge is 2.51. The van der Waals surface area contributed by atoms with E-state index in [9.17, 15) is 73.5 Å². The van der Waals surface area contributed by atoms with Gasteiger partial charge in [-0.2, -0.15) is 0 Å². The average Bonchev–Trinajstić information content (AvgIpc) is 1.65. The van der Waals surface area contributed by atoms with Crippen LogP contribution < -0.4 is 64.2 Å². The van der Waals surface area contributed by atoms with Gasteiger partial charge in [-0.15, -0.1) is 57.1 Å². The van der Waals surface area contributed by atoms with Crippen LogP contribution in [-0.4, -0.2) is 199 Å². The standard InChI is InChI=1S/C73H87N19O18S5/c1-14-27(3)48-64(106)79-32(8)58(100)76-30(6)57(99)77-33(9)59(101)92-73-19-18-41(67-86-44(23-112-67)60(102)78-31(7)56(98)75-29(5)55(74)97)82-53(73)43-22-113-68(84-43)49(28(4)21-110-70(108)42-20-38(34(10)93)37-16-17-40(80-48)52(96)51(37)81-42)89-61(103)45-25-114-69(87-45)54(72(13,109)36(12)95)91-63(105)46-24-111-66(85-46)39(15-2)83-65(107)50(35(11)94)90-62(104)47-26-115-71(73)88-47/h15-17,20,22-23,25-28,32-36,40,46,48-50,52-54,80,93-96,109H,5-7,14,18-19,21,24H2,1-4,8-13H3,(H2,74,97)(H,75,98)(H,76,100)(H,77,99)(H,78,102)(H,79,106)(H,83,107)(H,89,103)(H,90,104)(H,91,105)(H,92,101)/b39-15+. The van der Waals surface area contributed by atoms with Crippen LogP contribution in [0.2, 0.25) is 0 Å². The molecule has 0 saturated heterocycles. The number of hydrogen-bond acceptors (Lipinski definition) is 31. The fraction of sp³-hybridized carbons (Fsp3) is 0.438. The maximum absolute atomic E-state index is 15.4. The Morgan fingerprint density at radius 3 is 2.13 bits per heavy atom. The number of hydrogen-bond donors (Lipinski definition) is 17. The number of aliphatic hydroxyl groups excluding tert-OH is 4. The predicted octanol–water partition coefficient (Wildman–Crippen LogP) is 1.02. The minimum Gasteiger partial charge on any atom is -0.461 e. The van der Waals surface area contributed by atoms with E-state index in [0.717, 1.165) is 57.1 Å². The molecule has 4 aliphatic heterocycles. The number of nitrogens with two attached hydrogens (primary N) is 1. The zero-order valence-corrected chi connectivity index (χ0v) is 67.8. The SMILES string of the molecule is C=C(NC(=O)C(=C)NC(=O)c1csc(C2=NC3c4csc(n4)C4NC(=O)c5csc(n5)C(C(C)(O)C(C)O)NC(=O)C5CSC(=N5)/C(=C\C)NC(=O)C(C(C)O)NC(=O)c5csc(n5)C3(CC2)NC(=O)C(C)NC(=O)C(=C)NC(=O)C(C)NC(=O)C(C(C)CC)NC2C=Cc3c(C(C)O)cc(nc3C2O)C(=O)OCC4C)n1)C(N)=O. The summed E-state index contributed by atoms with van der Waals surface area (Å²) in [5, 5.41) is 92.5. The number of aliphatic hydroxyl groups is 5. The number of rotatable bonds is 12. The molecule has 0 aromatic carbocycles. The number of pyridine rings is 1. The molecule has 11 amide bonds. The van der Waals surface area contributed by atoms with Crippen LogP contribution in [0.5, 0.6) is 0 Å². The molecule has 1 aliphatic carbocycles. The van der Waals surface area contributed by atoms with E-state index in [4.69, 9.17) is 25.4 Å². The number of amides is 11. The second-order valence-corrected chi connectivity index (χ2v) is 32.8. The third-order valence-electron chi connectivity index (χ3n) is 19.8. The fourth-order valence-electron chi connectivity index (χ4n) is 12.5. The Morgan fingerprint density at radius 1 is 0.765 bits per heavy atom. The van der Waals surface area contributed by atoms with E-state index in [1.807, 2.05) is 6.92 Å². The van der Waals surface area contributed by atoms with Crippen LogP contribution in [0.3, 0.4) is 0 Å². The van der Waals surface area contributed by atoms with Gasteiger partial charge in [-0.1, -0.05) is 65.2 Å². The first-order chi connectivity index (χ1) is 54.2. The van der Waals surface area contributed by atoms with Crippen LogP contribution >= 0.6 is 57.1 Å². The van der Waals surface area contributed by atoms with Gasteiger partial charge < -0.3 is 89.2 Å². The summed E-state index contributed by atoms with van der Waals surface area (Å²) in [6.07, 6.45) is -1.45. The van der Waals surface area contributed by atoms with E-state index in [-0.39, 0.29) is 100 Å². The molecule has 17 unspecified atom stereocenters. The van der Waals surface area contributed by atoms with E-state index in [0.29, 0.717) is 6.42 Å². The molecule has 13 bridgehead atoms. The van der Waals surface area contributed by atoms with Crippen molar-refractivity contribution in [3.8, 4) is 0 Å². The third kappa shape index (κ3) is 19.2. The van der Waals surface area contributed by atoms with Crippen LogP contribution in [0.4, 0.5) is 0 Å². The van der Waals surface area contributed by atoms with Crippen molar-refractivity contribution < 1.29 is 87.8 Å². The number of carbonyl (C=O) groups is 12. The van der Waals surface area contributed by atoms with E-state index in [1.54, 1.807) is 32.9 Å². The van der Waals surface area contributed by atoms with Gasteiger partial charge >= 0.3 is 5.97 Å². The molecule has 5 aliphatic rings. The van der Waals surface area contributed by atoms with Crippen molar-refractivity contribution >= 4 is 145 Å². The summed E-state index contributed by atoms with van der Waals surface area (Å²) < 4.78 is 6.06. The number of fused-ring (bicyclic) bond motifs is 7. The van der Waals surface area contributed by atoms with Gasteiger partial charge in [0.05, 0.1) is 82.9 Å². The molecule has 5 aromatic heterocycles. The van der Waals surface area contributed by atoms with Gasteiger partial charge in [0.25, 0.3) is 35.4 Å². The molecule has 10 rings (SSSR count). The summed E-state index contributed by atoms with van der Waals surface area (Å²) in [5.41, 5.74) is -1.38. The molecule has 612 valence electrons. The second kappa shape index (κ2) is 36.1. The highest BCUT2D eigenvalue weighted by molar-refractivity contribution is 8.14. The van der Waals surface area contributed by atoms with E-state index < -0.39 is 196 Å². The topological polar surface area (TPSA) is 563 Å². The largest absolute Gasteiger partial charge is 0.461 e. The van der Waals surface area contributed by atoms with Crippen molar-refractivity contribution in [2.75, 3.05) is 12.4 Å². The highest BCUT2D eigenvalue weighted by Crippen LogP contribution is 2.48. The summed E-state index contributed by atoms with van der Waals surface area (Å²) in [6.45, 7) is 24.7. The van der Waals surface area contributed by atoms with Gasteiger partial charge in [0.2, 0.25) is 29.5 Å². The number of aliphatic imine (C=N–C) groups is 2. The average molecular weight is 1680 g/mol. The number of thiazole rings is 4. The number of carbonyl (C=O) groups excluding carboxylic acids is 12. The molecular formula is C73H87N19O18S5. The maximum atomic E-state index is 15.4. The lowest BCUT2D eigenvalue weighted by atomic mass is 9.80. The minimum absolute atomic E-state index is 0.00607. The molecule has 115 heavy (non-hydrogen) atoms. The number of nitrogens with one attached hydrogen (secondary N) is 11. The number of allylic oxidation sites excluding steroid dienone is 1. The van der Waals surface area contributed by atoms with Crippen molar-refractivity contribution in [2.24, 2.45) is 27.6 Å². The number of aromatic nitrogens is 5. The summed E-state index contributed by atoms with van der Waals surface area (Å²) in [7, 11) is 0. The number of esters is 1. The Balaban J connectivity index is 1.16. The molecular weight excluding hydrogens is 1590 g/mol. The Kier molecular flexibility index (Phi) is 27.3. The van der Waals surface area contributed by atoms with Gasteiger partial charge in [-0.05, 0) is 78.9 Å². The molecule has 0 spiro atoms. The molecule has 17 atom stereocenters. The molecule has 9 heterocycles. The first kappa shape index (κ1) is 86.9. The zero-order chi connectivity index (χ0) is 84.1. The number of thioether (sulfide) groups is 1. The first-order valence-corrected chi connectivity index (χ1v) is 40.6. The first-order valence-electron chi connectivity index (χ1n) is 36.1. The monoisotopic (exact) mass is 1680 g/mol. The number of cyclic esters (lactones) is 1. The molecule has 37 nitrogen and oxygen atoms in total. The van der Waals surface area contributed by atoms with Crippen molar-refractivity contribution in [1.82, 2.24) is 83.4 Å². The lowest BCUT2D eigenvalue weighted by Crippen LogP contribution is -2.57. The summed E-state index contributed by atoms with van der Waals surface area (Å²) >= 11 is 4.56. The van der Waals surface area contributed by atoms with Crippen LogP contribution in [0.15, 0.2) is 92.2 Å². The summed E-state index contributed by atoms with van der Waals surface area (Å²) in [4.78, 5) is 203. The number of nitrogens with zero attached hydrogens (tertiary/aromatic N) is 7. The molecule has 18 N–H and O–H groups in total. The number of primary amides is 1. The van der Waals surface area contributed by atoms with Gasteiger partial charge in [-0.3, -0.25) is 68.0 Å². The van der Waals surface area contributed by atoms with E-state index >= 15 is 9.59 Å². The Morgan fingerprint density at radius 2 is 1.45 bits per heavy atom. The molecule has 42 heteroatoms. The maximum Gasteiger partial charge on any atom is 0.356 e. The third-order valence-corrected chi connectivity index (χ3v) is 24.6. The van der Waals surface area contributed by atoms with Crippen LogP contribution in [0.1, 0.15) is 203 Å². The second-order valence-electron chi connectivity index (χ2n) is 28.3. The van der Waals surface area contributed by atoms with Gasteiger partial charge in [0.1, 0.15) is 101 Å². The van der Waals surface area contributed by atoms with Gasteiger partial charge in [-0.25, -0.2) is 29.7 Å². The summed E-state index contributed by atoms with van der Waals surface area (Å²) in [6, 6.07) is -11.2. The Bertz CT molecular complexity index is 4900. The van der Waals surface area contributed by atoms with E-state index in [2.05, 4.69) is 98.2 Å². The molecule has 5 aromatic rings. The highest BCUT2D eigenvalue weighted by atomic mass is 32.2. The summed E-state index contributed by atoms with van der Waals surface area (Å²) in [5.74, 6) is -12.9. The number of ether oxygens (including phenoxy) is 1. The van der Waals surface area contributed by atoms with Crippen LogP contribution in [0.25, 0.3) is 6.08 Å². The minimum atomic E-state index is -2.19. The predicted molar refractivity (Wildman–Crippen MR) is 423 cm³/mol. The molecule has 0 saturated carbocycles. The zero-order valence-electron chi connectivity index (χ0n) is 63.7. The fourth-order valence-corrected chi connectivity index (χ4v) is 17.4. The smallest absolute Gasteiger partial charge is 0.356 e. The lowest BCUT2D eigenvalue weighted by molar-refractivity contribution is -0.131. The Hall–Kier alpha value is -10.5. The van der Waals surface area contributed by atoms with Crippen molar-refractivity contribution in [3.63, 3.8) is 0 Å². The van der Waals surface area contributed by atoms with E-state index in [1.165, 1.54) is 75.2 Å². The normalized spacial score (nSPS) is 26.8. The van der Waals surface area contributed by atoms with Crippen LogP contribution in [0, 0.1) is 11.8 Å². The quantitative estimate of drug-likeness (QED) is 0.0612. The van der Waals surface area contributed by atoms with Crippen LogP contribution in [-0.2, 0) is 48.6 Å². The van der Waals surface area contributed by atoms with Crippen molar-refractivity contribution in [3.05, 3.63) is 148 Å². The van der Waals surface area contributed by atoms with Crippen molar-refractivity contribution in [1.29, 1.82) is 0 Å². The lowest BCUT2D eigenvalue weighted by Gasteiger charge is -2.41.